The van der Waals surface area contributed by atoms with Crippen LogP contribution in [0.3, 0.4) is 0 Å². The molecule has 0 atom stereocenters. The van der Waals surface area contributed by atoms with Crippen molar-refractivity contribution in [2.24, 2.45) is 11.0 Å². The van der Waals surface area contributed by atoms with Crippen LogP contribution in [0.15, 0.2) is 66.3 Å². The fraction of sp³-hybridized carbons (Fsp3) is 0.208. The molecular weight excluding hydrogens is 420 g/mol. The monoisotopic (exact) mass is 442 g/mol. The number of hydrogen-bond donors (Lipinski definition) is 1. The van der Waals surface area contributed by atoms with Crippen LogP contribution < -0.4 is 14.9 Å². The number of fused-ring (bicyclic) bond motifs is 1. The number of rotatable bonds is 8. The average molecular weight is 442 g/mol. The molecule has 9 nitrogen and oxygen atoms in total. The van der Waals surface area contributed by atoms with E-state index in [1.165, 1.54) is 25.4 Å². The number of aromatic nitrogens is 4. The Labute approximate surface area is 190 Å². The smallest absolute Gasteiger partial charge is 0.271 e. The molecule has 2 heterocycles. The topological polar surface area (TPSA) is 104 Å². The largest absolute Gasteiger partial charge is 0.496 e. The van der Waals surface area contributed by atoms with Crippen LogP contribution in [0.1, 0.15) is 28.8 Å². The summed E-state index contributed by atoms with van der Waals surface area (Å²) in [7, 11) is 1.56. The first-order chi connectivity index (χ1) is 16.2. The maximum Gasteiger partial charge on any atom is 0.271 e. The van der Waals surface area contributed by atoms with Crippen molar-refractivity contribution < 1.29 is 14.3 Å². The van der Waals surface area contributed by atoms with Gasteiger partial charge < -0.3 is 14.0 Å². The second-order valence-electron chi connectivity index (χ2n) is 7.76. The number of nitrogens with one attached hydrogen (secondary N) is 1. The van der Waals surface area contributed by atoms with Crippen molar-refractivity contribution in [3.05, 3.63) is 72.3 Å². The van der Waals surface area contributed by atoms with Crippen LogP contribution in [-0.2, 0) is 6.54 Å². The van der Waals surface area contributed by atoms with Crippen LogP contribution in [0.4, 0.5) is 0 Å². The zero-order valence-corrected chi connectivity index (χ0v) is 18.0. The highest BCUT2D eigenvalue weighted by Crippen LogP contribution is 2.33. The quantitative estimate of drug-likeness (QED) is 0.329. The number of amides is 1. The van der Waals surface area contributed by atoms with E-state index in [1.807, 2.05) is 10.6 Å². The molecule has 2 aromatic carbocycles. The van der Waals surface area contributed by atoms with E-state index in [0.717, 1.165) is 12.2 Å². The standard InChI is InChI=1S/C24H22N6O3/c1-32-20-11-19(10-9-18(20)12-28-29-23(31)17-5-3-2-4-6-17)33-24-21-22(25-14-26-24)30(15-27-21)13-16-7-8-16/h2-6,9-12,14-16H,7-8,13H2,1H3,(H,29,31)/b28-12+. The molecule has 0 radical (unpaired) electrons. The number of benzene rings is 2. The minimum absolute atomic E-state index is 0.292. The Kier molecular flexibility index (Phi) is 5.67. The second-order valence-corrected chi connectivity index (χ2v) is 7.76. The van der Waals surface area contributed by atoms with Gasteiger partial charge in [-0.3, -0.25) is 4.79 Å². The van der Waals surface area contributed by atoms with E-state index >= 15 is 0 Å². The second kappa shape index (κ2) is 9.07. The Morgan fingerprint density at radius 2 is 2.03 bits per heavy atom. The summed E-state index contributed by atoms with van der Waals surface area (Å²) in [6.45, 7) is 0.912. The van der Waals surface area contributed by atoms with E-state index in [0.29, 0.717) is 39.9 Å². The summed E-state index contributed by atoms with van der Waals surface area (Å²) in [4.78, 5) is 25.2. The lowest BCUT2D eigenvalue weighted by Gasteiger charge is -2.09. The van der Waals surface area contributed by atoms with Crippen molar-refractivity contribution in [2.45, 2.75) is 19.4 Å². The molecule has 0 aliphatic heterocycles. The number of nitrogens with zero attached hydrogens (tertiary/aromatic N) is 5. The number of carbonyl (C=O) groups is 1. The van der Waals surface area contributed by atoms with Crippen LogP contribution in [-0.4, -0.2) is 38.8 Å². The number of hydrazone groups is 1. The molecule has 0 bridgehead atoms. The third-order valence-corrected chi connectivity index (χ3v) is 5.34. The normalized spacial score (nSPS) is 13.4. The summed E-state index contributed by atoms with van der Waals surface area (Å²) in [6.07, 6.45) is 7.29. The molecule has 166 valence electrons. The van der Waals surface area contributed by atoms with E-state index in [1.54, 1.807) is 55.9 Å². The average Bonchev–Trinajstić information content (AvgIpc) is 3.58. The van der Waals surface area contributed by atoms with Crippen molar-refractivity contribution in [2.75, 3.05) is 7.11 Å². The first-order valence-electron chi connectivity index (χ1n) is 10.6. The summed E-state index contributed by atoms with van der Waals surface area (Å²) in [5.41, 5.74) is 5.10. The van der Waals surface area contributed by atoms with Crippen molar-refractivity contribution in [1.29, 1.82) is 0 Å². The summed E-state index contributed by atoms with van der Waals surface area (Å²) < 4.78 is 13.5. The lowest BCUT2D eigenvalue weighted by atomic mass is 10.2. The molecule has 33 heavy (non-hydrogen) atoms. The maximum atomic E-state index is 12.1. The molecule has 1 saturated carbocycles. The Morgan fingerprint density at radius 1 is 1.18 bits per heavy atom. The third-order valence-electron chi connectivity index (χ3n) is 5.34. The fourth-order valence-corrected chi connectivity index (χ4v) is 3.43. The van der Waals surface area contributed by atoms with Gasteiger partial charge in [-0.25, -0.2) is 15.4 Å². The maximum absolute atomic E-state index is 12.1. The predicted octanol–water partition coefficient (Wildman–Crippen LogP) is 3.80. The Bertz CT molecular complexity index is 1310. The van der Waals surface area contributed by atoms with Crippen LogP contribution in [0.25, 0.3) is 11.2 Å². The van der Waals surface area contributed by atoms with Crippen molar-refractivity contribution >= 4 is 23.3 Å². The molecule has 0 saturated heterocycles. The van der Waals surface area contributed by atoms with Crippen molar-refractivity contribution in [3.8, 4) is 17.4 Å². The van der Waals surface area contributed by atoms with Gasteiger partial charge in [0.05, 0.1) is 19.7 Å². The van der Waals surface area contributed by atoms with Crippen LogP contribution in [0.5, 0.6) is 17.4 Å². The molecule has 5 rings (SSSR count). The fourth-order valence-electron chi connectivity index (χ4n) is 3.43. The number of carbonyl (C=O) groups excluding carboxylic acids is 1. The highest BCUT2D eigenvalue weighted by atomic mass is 16.5. The minimum atomic E-state index is -0.292. The van der Waals surface area contributed by atoms with E-state index in [4.69, 9.17) is 9.47 Å². The van der Waals surface area contributed by atoms with E-state index in [2.05, 4.69) is 25.5 Å². The predicted molar refractivity (Wildman–Crippen MR) is 123 cm³/mol. The summed E-state index contributed by atoms with van der Waals surface area (Å²) in [5.74, 6) is 1.87. The molecule has 1 fully saturated rings. The summed E-state index contributed by atoms with van der Waals surface area (Å²) >= 11 is 0. The lowest BCUT2D eigenvalue weighted by molar-refractivity contribution is 0.0955. The van der Waals surface area contributed by atoms with E-state index in [-0.39, 0.29) is 5.91 Å². The van der Waals surface area contributed by atoms with Crippen molar-refractivity contribution in [3.63, 3.8) is 0 Å². The third kappa shape index (κ3) is 4.67. The van der Waals surface area contributed by atoms with Gasteiger partial charge in [-0.05, 0) is 43.0 Å². The first-order valence-corrected chi connectivity index (χ1v) is 10.6. The molecule has 0 spiro atoms. The van der Waals surface area contributed by atoms with E-state index in [9.17, 15) is 4.79 Å². The van der Waals surface area contributed by atoms with Gasteiger partial charge in [-0.15, -0.1) is 0 Å². The molecule has 9 heteroatoms. The van der Waals surface area contributed by atoms with Gasteiger partial charge >= 0.3 is 0 Å². The highest BCUT2D eigenvalue weighted by Gasteiger charge is 2.23. The summed E-state index contributed by atoms with van der Waals surface area (Å²) in [6, 6.07) is 14.2. The lowest BCUT2D eigenvalue weighted by Crippen LogP contribution is -2.17. The van der Waals surface area contributed by atoms with E-state index < -0.39 is 0 Å². The molecular formula is C24H22N6O3. The Hall–Kier alpha value is -4.27. The zero-order chi connectivity index (χ0) is 22.6. The SMILES string of the molecule is COc1cc(Oc2ncnc3c2ncn3CC2CC2)ccc1/C=N/NC(=O)c1ccccc1. The van der Waals surface area contributed by atoms with Crippen molar-refractivity contribution in [1.82, 2.24) is 24.9 Å². The van der Waals surface area contributed by atoms with Gasteiger partial charge in [-0.2, -0.15) is 10.1 Å². The molecule has 1 aliphatic rings. The molecule has 1 amide bonds. The number of ether oxygens (including phenoxy) is 2. The first kappa shape index (κ1) is 20.6. The van der Waals surface area contributed by atoms with Crippen LogP contribution in [0, 0.1) is 5.92 Å². The minimum Gasteiger partial charge on any atom is -0.496 e. The molecule has 1 N–H and O–H groups in total. The number of imidazole rings is 1. The van der Waals surface area contributed by atoms with Crippen LogP contribution in [0.2, 0.25) is 0 Å². The van der Waals surface area contributed by atoms with Gasteiger partial charge in [0, 0.05) is 23.7 Å². The van der Waals surface area contributed by atoms with Gasteiger partial charge in [0.15, 0.2) is 11.2 Å². The molecule has 1 aliphatic carbocycles. The highest BCUT2D eigenvalue weighted by molar-refractivity contribution is 5.95. The molecule has 0 unspecified atom stereocenters. The van der Waals surface area contributed by atoms with Gasteiger partial charge in [0.25, 0.3) is 11.8 Å². The Balaban J connectivity index is 1.31. The molecule has 2 aromatic heterocycles. The number of methoxy groups -OCH3 is 1. The zero-order valence-electron chi connectivity index (χ0n) is 18.0. The van der Waals surface area contributed by atoms with Gasteiger partial charge in [-0.1, -0.05) is 18.2 Å². The van der Waals surface area contributed by atoms with Gasteiger partial charge in [0.1, 0.15) is 17.8 Å². The van der Waals surface area contributed by atoms with Gasteiger partial charge in [0.2, 0.25) is 0 Å². The summed E-state index contributed by atoms with van der Waals surface area (Å²) in [5, 5.41) is 4.03. The van der Waals surface area contributed by atoms with Crippen LogP contribution >= 0.6 is 0 Å². The Morgan fingerprint density at radius 3 is 2.82 bits per heavy atom. The number of hydrogen-bond acceptors (Lipinski definition) is 7. The molecule has 4 aromatic rings.